The Bertz CT molecular complexity index is 1230. The van der Waals surface area contributed by atoms with Gasteiger partial charge in [0.15, 0.2) is 0 Å². The van der Waals surface area contributed by atoms with Crippen molar-refractivity contribution >= 4 is 34.9 Å². The van der Waals surface area contributed by atoms with Gasteiger partial charge in [-0.3, -0.25) is 9.59 Å². The Labute approximate surface area is 188 Å². The zero-order chi connectivity index (χ0) is 22.4. The normalized spacial score (nSPS) is 17.5. The van der Waals surface area contributed by atoms with Crippen LogP contribution in [0.3, 0.4) is 0 Å². The summed E-state index contributed by atoms with van der Waals surface area (Å²) in [4.78, 5) is 35.3. The number of carbonyl (C=O) groups is 2. The molecule has 1 saturated heterocycles. The molecule has 2 aromatic heterocycles. The summed E-state index contributed by atoms with van der Waals surface area (Å²) in [7, 11) is 1.79. The Morgan fingerprint density at radius 3 is 2.75 bits per heavy atom. The number of nitrogens with zero attached hydrogens (tertiary/aromatic N) is 3. The summed E-state index contributed by atoms with van der Waals surface area (Å²) in [5.41, 5.74) is 2.69. The number of likely N-dealkylation sites (tertiary alicyclic amines) is 1. The average molecular weight is 452 g/mol. The molecule has 0 aliphatic carbocycles. The van der Waals surface area contributed by atoms with Crippen molar-refractivity contribution in [2.75, 3.05) is 18.9 Å². The Balaban J connectivity index is 1.50. The fraction of sp³-hybridized carbons (Fsp3) is 0.217. The number of nitrogens with one attached hydrogen (secondary N) is 2. The van der Waals surface area contributed by atoms with E-state index in [-0.39, 0.29) is 34.9 Å². The number of hydrogen-bond donors (Lipinski definition) is 2. The van der Waals surface area contributed by atoms with E-state index in [0.29, 0.717) is 28.5 Å². The summed E-state index contributed by atoms with van der Waals surface area (Å²) in [6.45, 7) is 0.968. The van der Waals surface area contributed by atoms with Gasteiger partial charge in [0, 0.05) is 19.8 Å². The number of amides is 2. The second kappa shape index (κ2) is 7.87. The van der Waals surface area contributed by atoms with Crippen molar-refractivity contribution in [3.8, 4) is 11.3 Å². The number of rotatable bonds is 4. The first-order chi connectivity index (χ1) is 15.4. The monoisotopic (exact) mass is 451 g/mol. The minimum Gasteiger partial charge on any atom is -0.346 e. The fourth-order valence-electron chi connectivity index (χ4n) is 4.16. The molecular weight excluding hydrogens is 433 g/mol. The number of hydrogen-bond acceptors (Lipinski definition) is 5. The lowest BCUT2D eigenvalue weighted by Gasteiger charge is -2.14. The van der Waals surface area contributed by atoms with Gasteiger partial charge in [-0.15, -0.1) is 0 Å². The van der Waals surface area contributed by atoms with E-state index in [1.54, 1.807) is 36.3 Å². The molecule has 162 valence electrons. The maximum atomic E-state index is 14.5. The topological polar surface area (TPSA) is 87.2 Å². The van der Waals surface area contributed by atoms with Crippen LogP contribution in [0.4, 0.5) is 15.9 Å². The van der Waals surface area contributed by atoms with Crippen molar-refractivity contribution in [1.82, 2.24) is 20.2 Å². The molecule has 2 aliphatic heterocycles. The first-order valence-corrected chi connectivity index (χ1v) is 10.5. The van der Waals surface area contributed by atoms with Crippen molar-refractivity contribution in [2.24, 2.45) is 0 Å². The number of anilines is 2. The number of aromatic nitrogens is 2. The smallest absolute Gasteiger partial charge is 0.255 e. The summed E-state index contributed by atoms with van der Waals surface area (Å²) < 4.78 is 14.5. The SMILES string of the molecule is CN1CCC(c2ccc(Nc3cc(-c4c(F)cccc4Cl)nc4c3C(=O)NC4)nc2)C1=O. The second-order valence-electron chi connectivity index (χ2n) is 7.86. The molecule has 0 radical (unpaired) electrons. The van der Waals surface area contributed by atoms with Crippen LogP contribution in [0.15, 0.2) is 42.6 Å². The van der Waals surface area contributed by atoms with Crippen molar-refractivity contribution in [2.45, 2.75) is 18.9 Å². The number of pyridine rings is 2. The van der Waals surface area contributed by atoms with Gasteiger partial charge in [0.2, 0.25) is 5.91 Å². The lowest BCUT2D eigenvalue weighted by molar-refractivity contribution is -0.127. The van der Waals surface area contributed by atoms with E-state index in [9.17, 15) is 14.0 Å². The molecule has 4 heterocycles. The van der Waals surface area contributed by atoms with Gasteiger partial charge in [-0.05, 0) is 36.2 Å². The molecule has 7 nitrogen and oxygen atoms in total. The van der Waals surface area contributed by atoms with Crippen LogP contribution in [0.1, 0.15) is 34.0 Å². The molecule has 0 spiro atoms. The molecular formula is C23H19ClFN5O2. The Hall–Kier alpha value is -3.52. The highest BCUT2D eigenvalue weighted by molar-refractivity contribution is 6.33. The number of benzene rings is 1. The molecule has 0 bridgehead atoms. The second-order valence-corrected chi connectivity index (χ2v) is 8.27. The zero-order valence-electron chi connectivity index (χ0n) is 17.2. The van der Waals surface area contributed by atoms with E-state index < -0.39 is 5.82 Å². The van der Waals surface area contributed by atoms with Crippen LogP contribution in [0, 0.1) is 5.82 Å². The predicted octanol–water partition coefficient (Wildman–Crippen LogP) is 3.87. The number of halogens is 2. The van der Waals surface area contributed by atoms with Gasteiger partial charge in [0.25, 0.3) is 5.91 Å². The van der Waals surface area contributed by atoms with Crippen LogP contribution in [0.5, 0.6) is 0 Å². The average Bonchev–Trinajstić information content (AvgIpc) is 3.31. The summed E-state index contributed by atoms with van der Waals surface area (Å²) in [6, 6.07) is 9.64. The molecule has 32 heavy (non-hydrogen) atoms. The number of likely N-dealkylation sites (N-methyl/N-ethyl adjacent to an activating group) is 1. The van der Waals surface area contributed by atoms with Gasteiger partial charge in [0.1, 0.15) is 11.6 Å². The van der Waals surface area contributed by atoms with Crippen molar-refractivity contribution in [3.63, 3.8) is 0 Å². The third kappa shape index (κ3) is 3.46. The van der Waals surface area contributed by atoms with E-state index in [0.717, 1.165) is 18.5 Å². The molecule has 1 atom stereocenters. The van der Waals surface area contributed by atoms with Gasteiger partial charge < -0.3 is 15.5 Å². The van der Waals surface area contributed by atoms with E-state index >= 15 is 0 Å². The molecule has 1 fully saturated rings. The highest BCUT2D eigenvalue weighted by atomic mass is 35.5. The molecule has 1 aromatic carbocycles. The number of fused-ring (bicyclic) bond motifs is 1. The first kappa shape index (κ1) is 20.4. The lowest BCUT2D eigenvalue weighted by atomic mass is 10.00. The number of carbonyl (C=O) groups excluding carboxylic acids is 2. The molecule has 2 aliphatic rings. The van der Waals surface area contributed by atoms with Gasteiger partial charge in [-0.2, -0.15) is 0 Å². The lowest BCUT2D eigenvalue weighted by Crippen LogP contribution is -2.21. The van der Waals surface area contributed by atoms with Gasteiger partial charge in [-0.1, -0.05) is 23.7 Å². The van der Waals surface area contributed by atoms with E-state index in [4.69, 9.17) is 11.6 Å². The quantitative estimate of drug-likeness (QED) is 0.628. The molecule has 3 aromatic rings. The summed E-state index contributed by atoms with van der Waals surface area (Å²) >= 11 is 6.23. The highest BCUT2D eigenvalue weighted by Crippen LogP contribution is 2.35. The van der Waals surface area contributed by atoms with Crippen LogP contribution < -0.4 is 10.6 Å². The van der Waals surface area contributed by atoms with Crippen LogP contribution in [0.25, 0.3) is 11.3 Å². The third-order valence-corrected chi connectivity index (χ3v) is 6.15. The van der Waals surface area contributed by atoms with Crippen LogP contribution >= 0.6 is 11.6 Å². The molecule has 0 saturated carbocycles. The molecule has 2 N–H and O–H groups in total. The predicted molar refractivity (Wildman–Crippen MR) is 118 cm³/mol. The van der Waals surface area contributed by atoms with Crippen LogP contribution in [-0.4, -0.2) is 40.3 Å². The van der Waals surface area contributed by atoms with Crippen molar-refractivity contribution < 1.29 is 14.0 Å². The molecule has 1 unspecified atom stereocenters. The maximum Gasteiger partial charge on any atom is 0.255 e. The Morgan fingerprint density at radius 2 is 2.06 bits per heavy atom. The van der Waals surface area contributed by atoms with Gasteiger partial charge in [0.05, 0.1) is 45.7 Å². The van der Waals surface area contributed by atoms with E-state index in [2.05, 4.69) is 20.6 Å². The van der Waals surface area contributed by atoms with Crippen LogP contribution in [-0.2, 0) is 11.3 Å². The summed E-state index contributed by atoms with van der Waals surface area (Å²) in [5, 5.41) is 6.12. The Kier molecular flexibility index (Phi) is 5.01. The van der Waals surface area contributed by atoms with Gasteiger partial charge in [-0.25, -0.2) is 14.4 Å². The first-order valence-electron chi connectivity index (χ1n) is 10.2. The minimum atomic E-state index is -0.498. The molecule has 9 heteroatoms. The van der Waals surface area contributed by atoms with Gasteiger partial charge >= 0.3 is 0 Å². The minimum absolute atomic E-state index is 0.0857. The van der Waals surface area contributed by atoms with Crippen LogP contribution in [0.2, 0.25) is 5.02 Å². The highest BCUT2D eigenvalue weighted by Gasteiger charge is 2.31. The van der Waals surface area contributed by atoms with E-state index in [1.165, 1.54) is 12.1 Å². The standard InChI is InChI=1S/C23H19ClFN5O2/c1-30-8-7-13(23(30)32)12-5-6-19(26-10-12)29-17-9-16(20-14(24)3-2-4-15(20)25)28-18-11-27-22(31)21(17)18/h2-6,9-10,13H,7-8,11H2,1H3,(H,27,31)(H,26,28,29). The summed E-state index contributed by atoms with van der Waals surface area (Å²) in [5.74, 6) is -0.375. The van der Waals surface area contributed by atoms with Crippen molar-refractivity contribution in [1.29, 1.82) is 0 Å². The molecule has 2 amide bonds. The molecule has 5 rings (SSSR count). The van der Waals surface area contributed by atoms with Crippen molar-refractivity contribution in [3.05, 3.63) is 70.3 Å². The third-order valence-electron chi connectivity index (χ3n) is 5.84. The Morgan fingerprint density at radius 1 is 1.22 bits per heavy atom. The van der Waals surface area contributed by atoms with E-state index in [1.807, 2.05) is 6.07 Å². The summed E-state index contributed by atoms with van der Waals surface area (Å²) in [6.07, 6.45) is 2.43. The zero-order valence-corrected chi connectivity index (χ0v) is 17.9. The maximum absolute atomic E-state index is 14.5. The fourth-order valence-corrected chi connectivity index (χ4v) is 4.42. The largest absolute Gasteiger partial charge is 0.346 e.